The molecule has 0 unspecified atom stereocenters. The van der Waals surface area contributed by atoms with Gasteiger partial charge in [0.25, 0.3) is 0 Å². The first-order chi connectivity index (χ1) is 9.19. The lowest BCUT2D eigenvalue weighted by molar-refractivity contribution is -0.138. The Morgan fingerprint density at radius 1 is 1.35 bits per heavy atom. The number of aliphatic carboxylic acids is 1. The van der Waals surface area contributed by atoms with E-state index in [-0.39, 0.29) is 18.7 Å². The van der Waals surface area contributed by atoms with E-state index in [2.05, 4.69) is 0 Å². The lowest BCUT2D eigenvalue weighted by Crippen LogP contribution is -2.50. The van der Waals surface area contributed by atoms with Crippen molar-refractivity contribution in [3.63, 3.8) is 0 Å². The van der Waals surface area contributed by atoms with Gasteiger partial charge in [0, 0.05) is 19.1 Å². The molecule has 0 aromatic heterocycles. The van der Waals surface area contributed by atoms with Crippen LogP contribution in [0.2, 0.25) is 0 Å². The van der Waals surface area contributed by atoms with Crippen LogP contribution in [0.5, 0.6) is 0 Å². The predicted octanol–water partition coefficient (Wildman–Crippen LogP) is 1.79. The summed E-state index contributed by atoms with van der Waals surface area (Å²) < 4.78 is 5.42. The van der Waals surface area contributed by atoms with Crippen LogP contribution in [-0.2, 0) is 9.53 Å². The van der Waals surface area contributed by atoms with Gasteiger partial charge in [0.05, 0.1) is 6.54 Å². The topological polar surface area (TPSA) is 70.1 Å². The first kappa shape index (κ1) is 16.8. The summed E-state index contributed by atoms with van der Waals surface area (Å²) in [6.45, 7) is 6.77. The lowest BCUT2D eigenvalue weighted by atomic mass is 10.0. The number of carboxylic acid groups (broad SMARTS) is 1. The predicted molar refractivity (Wildman–Crippen MR) is 75.7 cm³/mol. The van der Waals surface area contributed by atoms with Crippen molar-refractivity contribution < 1.29 is 19.4 Å². The molecule has 1 aliphatic heterocycles. The summed E-state index contributed by atoms with van der Waals surface area (Å²) in [6, 6.07) is 0.0305. The molecule has 0 bridgehead atoms. The summed E-state index contributed by atoms with van der Waals surface area (Å²) in [5.74, 6) is -0.855. The third-order valence-electron chi connectivity index (χ3n) is 3.18. The van der Waals surface area contributed by atoms with E-state index in [9.17, 15) is 9.59 Å². The van der Waals surface area contributed by atoms with Crippen LogP contribution in [-0.4, -0.2) is 65.3 Å². The molecule has 20 heavy (non-hydrogen) atoms. The Balaban J connectivity index is 2.62. The van der Waals surface area contributed by atoms with Gasteiger partial charge in [-0.05, 0) is 47.1 Å². The summed E-state index contributed by atoms with van der Waals surface area (Å²) in [4.78, 5) is 26.4. The van der Waals surface area contributed by atoms with Gasteiger partial charge in [-0.3, -0.25) is 9.69 Å². The zero-order chi connectivity index (χ0) is 15.3. The first-order valence-electron chi connectivity index (χ1n) is 7.09. The Hall–Kier alpha value is -1.30. The zero-order valence-electron chi connectivity index (χ0n) is 12.9. The van der Waals surface area contributed by atoms with E-state index >= 15 is 0 Å². The molecule has 6 heteroatoms. The quantitative estimate of drug-likeness (QED) is 0.853. The number of likely N-dealkylation sites (tertiary alicyclic amines) is 1. The molecular formula is C14H26N2O4. The number of carbonyl (C=O) groups is 2. The molecule has 1 heterocycles. The number of hydrogen-bond donors (Lipinski definition) is 1. The van der Waals surface area contributed by atoms with Crippen LogP contribution >= 0.6 is 0 Å². The first-order valence-corrected chi connectivity index (χ1v) is 7.09. The number of nitrogens with zero attached hydrogens (tertiary/aromatic N) is 2. The monoisotopic (exact) mass is 286 g/mol. The molecule has 6 nitrogen and oxygen atoms in total. The summed E-state index contributed by atoms with van der Waals surface area (Å²) in [7, 11) is 1.76. The Labute approximate surface area is 120 Å². The van der Waals surface area contributed by atoms with Gasteiger partial charge >= 0.3 is 12.1 Å². The summed E-state index contributed by atoms with van der Waals surface area (Å²) >= 11 is 0. The van der Waals surface area contributed by atoms with Crippen LogP contribution in [0.4, 0.5) is 4.79 Å². The molecule has 0 radical (unpaired) electrons. The second-order valence-corrected chi connectivity index (χ2v) is 6.41. The number of likely N-dealkylation sites (N-methyl/N-ethyl adjacent to an activating group) is 1. The molecule has 0 aromatic rings. The molecule has 1 saturated heterocycles. The largest absolute Gasteiger partial charge is 0.480 e. The number of hydrogen-bond acceptors (Lipinski definition) is 4. The number of piperidine rings is 1. The van der Waals surface area contributed by atoms with E-state index < -0.39 is 11.6 Å². The van der Waals surface area contributed by atoms with Gasteiger partial charge in [-0.1, -0.05) is 0 Å². The highest BCUT2D eigenvalue weighted by atomic mass is 16.6. The average Bonchev–Trinajstić information content (AvgIpc) is 2.25. The molecule has 116 valence electrons. The summed E-state index contributed by atoms with van der Waals surface area (Å²) in [6.07, 6.45) is 2.62. The fourth-order valence-corrected chi connectivity index (χ4v) is 2.41. The van der Waals surface area contributed by atoms with Crippen molar-refractivity contribution in [2.75, 3.05) is 26.7 Å². The highest BCUT2D eigenvalue weighted by molar-refractivity contribution is 5.69. The molecule has 0 spiro atoms. The zero-order valence-corrected chi connectivity index (χ0v) is 12.9. The van der Waals surface area contributed by atoms with Crippen LogP contribution in [0, 0.1) is 0 Å². The van der Waals surface area contributed by atoms with Crippen molar-refractivity contribution in [2.24, 2.45) is 0 Å². The minimum atomic E-state index is -0.855. The average molecular weight is 286 g/mol. The minimum Gasteiger partial charge on any atom is -0.480 e. The van der Waals surface area contributed by atoms with Gasteiger partial charge in [0.2, 0.25) is 0 Å². The van der Waals surface area contributed by atoms with Gasteiger partial charge in [-0.2, -0.15) is 0 Å². The molecule has 0 aliphatic carbocycles. The Kier molecular flexibility index (Phi) is 5.80. The third kappa shape index (κ3) is 5.77. The van der Waals surface area contributed by atoms with Crippen molar-refractivity contribution in [1.82, 2.24) is 9.80 Å². The molecule has 0 saturated carbocycles. The molecule has 1 fully saturated rings. The second-order valence-electron chi connectivity index (χ2n) is 6.41. The molecule has 0 aromatic carbocycles. The van der Waals surface area contributed by atoms with E-state index in [1.165, 1.54) is 0 Å². The molecular weight excluding hydrogens is 260 g/mol. The van der Waals surface area contributed by atoms with Gasteiger partial charge in [0.1, 0.15) is 5.60 Å². The maximum Gasteiger partial charge on any atom is 0.410 e. The highest BCUT2D eigenvalue weighted by Gasteiger charge is 2.31. The van der Waals surface area contributed by atoms with Crippen molar-refractivity contribution in [2.45, 2.75) is 51.7 Å². The fourth-order valence-electron chi connectivity index (χ4n) is 2.41. The van der Waals surface area contributed by atoms with Crippen LogP contribution < -0.4 is 0 Å². The van der Waals surface area contributed by atoms with E-state index in [1.807, 2.05) is 20.8 Å². The Morgan fingerprint density at radius 2 is 2.00 bits per heavy atom. The molecule has 1 rings (SSSR count). The summed E-state index contributed by atoms with van der Waals surface area (Å²) in [5, 5.41) is 8.79. The lowest BCUT2D eigenvalue weighted by Gasteiger charge is -2.38. The molecule has 1 amide bonds. The van der Waals surface area contributed by atoms with Crippen LogP contribution in [0.3, 0.4) is 0 Å². The smallest absolute Gasteiger partial charge is 0.410 e. The Morgan fingerprint density at radius 3 is 2.55 bits per heavy atom. The van der Waals surface area contributed by atoms with Crippen molar-refractivity contribution >= 4 is 12.1 Å². The molecule has 1 aliphatic rings. The summed E-state index contributed by atoms with van der Waals surface area (Å²) in [5.41, 5.74) is -0.508. The minimum absolute atomic E-state index is 0.0152. The van der Waals surface area contributed by atoms with Gasteiger partial charge in [-0.25, -0.2) is 4.79 Å². The standard InChI is InChI=1S/C14H26N2O4/c1-14(2,3)20-13(19)16-8-6-5-7-11(16)9-15(4)10-12(17)18/h11H,5-10H2,1-4H3,(H,17,18)/t11-/m0/s1. The maximum absolute atomic E-state index is 12.2. The number of amides is 1. The van der Waals surface area contributed by atoms with Crippen LogP contribution in [0.1, 0.15) is 40.0 Å². The Bertz CT molecular complexity index is 352. The van der Waals surface area contributed by atoms with E-state index in [0.717, 1.165) is 19.3 Å². The van der Waals surface area contributed by atoms with Gasteiger partial charge in [-0.15, -0.1) is 0 Å². The number of carboxylic acids is 1. The fraction of sp³-hybridized carbons (Fsp3) is 0.857. The number of ether oxygens (including phenoxy) is 1. The van der Waals surface area contributed by atoms with Gasteiger partial charge < -0.3 is 14.7 Å². The normalized spacial score (nSPS) is 20.1. The molecule has 1 atom stereocenters. The second kappa shape index (κ2) is 6.92. The third-order valence-corrected chi connectivity index (χ3v) is 3.18. The van der Waals surface area contributed by atoms with E-state index in [1.54, 1.807) is 16.8 Å². The van der Waals surface area contributed by atoms with Crippen LogP contribution in [0.15, 0.2) is 0 Å². The van der Waals surface area contributed by atoms with Gasteiger partial charge in [0.15, 0.2) is 0 Å². The highest BCUT2D eigenvalue weighted by Crippen LogP contribution is 2.20. The number of rotatable bonds is 4. The molecule has 1 N–H and O–H groups in total. The SMILES string of the molecule is CN(CC(=O)O)C[C@@H]1CCCCN1C(=O)OC(C)(C)C. The van der Waals surface area contributed by atoms with E-state index in [4.69, 9.17) is 9.84 Å². The van der Waals surface area contributed by atoms with E-state index in [0.29, 0.717) is 13.1 Å². The van der Waals surface area contributed by atoms with Crippen molar-refractivity contribution in [1.29, 1.82) is 0 Å². The van der Waals surface area contributed by atoms with Crippen LogP contribution in [0.25, 0.3) is 0 Å². The number of carbonyl (C=O) groups excluding carboxylic acids is 1. The van der Waals surface area contributed by atoms with Crippen molar-refractivity contribution in [3.05, 3.63) is 0 Å². The van der Waals surface area contributed by atoms with Crippen molar-refractivity contribution in [3.8, 4) is 0 Å². The maximum atomic E-state index is 12.2.